The summed E-state index contributed by atoms with van der Waals surface area (Å²) in [5.41, 5.74) is 5.35. The molecule has 4 aromatic rings. The van der Waals surface area contributed by atoms with Crippen LogP contribution < -0.4 is 10.1 Å². The lowest BCUT2D eigenvalue weighted by Crippen LogP contribution is -2.21. The number of hydrogen-bond donors (Lipinski definition) is 2. The molecule has 3 aromatic carbocycles. The van der Waals surface area contributed by atoms with E-state index < -0.39 is 12.1 Å². The van der Waals surface area contributed by atoms with Gasteiger partial charge in [0.25, 0.3) is 0 Å². The van der Waals surface area contributed by atoms with Crippen LogP contribution >= 0.6 is 0 Å². The summed E-state index contributed by atoms with van der Waals surface area (Å²) in [6, 6.07) is 24.3. The Balaban J connectivity index is 0.000000532. The van der Waals surface area contributed by atoms with Gasteiger partial charge >= 0.3 is 12.1 Å². The maximum atomic E-state index is 12.4. The van der Waals surface area contributed by atoms with E-state index in [0.29, 0.717) is 12.3 Å². The van der Waals surface area contributed by atoms with Gasteiger partial charge in [0.05, 0.1) is 19.1 Å². The second-order valence-corrected chi connectivity index (χ2v) is 8.19. The van der Waals surface area contributed by atoms with Crippen LogP contribution in [0.2, 0.25) is 0 Å². The fraction of sp³-hybridized carbons (Fsp3) is 0.138. The summed E-state index contributed by atoms with van der Waals surface area (Å²) >= 11 is 0. The van der Waals surface area contributed by atoms with Crippen LogP contribution in [0.25, 0.3) is 11.8 Å². The topological polar surface area (TPSA) is 93.5 Å². The molecule has 0 saturated carbocycles. The van der Waals surface area contributed by atoms with Crippen molar-refractivity contribution in [3.63, 3.8) is 0 Å². The fourth-order valence-corrected chi connectivity index (χ4v) is 3.54. The number of methoxy groups -OCH3 is 1. The van der Waals surface area contributed by atoms with Gasteiger partial charge in [0.1, 0.15) is 5.75 Å². The van der Waals surface area contributed by atoms with Gasteiger partial charge < -0.3 is 19.7 Å². The summed E-state index contributed by atoms with van der Waals surface area (Å²) in [7, 11) is 1.63. The summed E-state index contributed by atoms with van der Waals surface area (Å²) in [6.45, 7) is 0.481. The van der Waals surface area contributed by atoms with Crippen LogP contribution in [0.4, 0.5) is 13.2 Å². The molecule has 202 valence electrons. The lowest BCUT2D eigenvalue weighted by molar-refractivity contribution is -0.192. The van der Waals surface area contributed by atoms with Crippen LogP contribution in [0.3, 0.4) is 0 Å². The van der Waals surface area contributed by atoms with Crippen LogP contribution in [0.1, 0.15) is 22.3 Å². The van der Waals surface area contributed by atoms with Gasteiger partial charge in [-0.15, -0.1) is 0 Å². The number of alkyl halides is 3. The third-order valence-electron chi connectivity index (χ3n) is 5.46. The molecule has 0 aliphatic rings. The highest BCUT2D eigenvalue weighted by Gasteiger charge is 2.38. The van der Waals surface area contributed by atoms with Gasteiger partial charge in [0, 0.05) is 25.0 Å². The van der Waals surface area contributed by atoms with Crippen LogP contribution in [-0.4, -0.2) is 39.8 Å². The lowest BCUT2D eigenvalue weighted by Gasteiger charge is -2.11. The molecule has 0 saturated heterocycles. The predicted molar refractivity (Wildman–Crippen MR) is 140 cm³/mol. The second kappa shape index (κ2) is 13.6. The molecular weight excluding hydrogens is 511 g/mol. The molecule has 7 nitrogen and oxygen atoms in total. The quantitative estimate of drug-likeness (QED) is 0.292. The maximum Gasteiger partial charge on any atom is 0.490 e. The Morgan fingerprint density at radius 3 is 2.31 bits per heavy atom. The van der Waals surface area contributed by atoms with Crippen molar-refractivity contribution in [2.45, 2.75) is 19.1 Å². The molecule has 0 bridgehead atoms. The Bertz CT molecular complexity index is 1400. The first-order valence-corrected chi connectivity index (χ1v) is 11.7. The normalized spacial score (nSPS) is 11.0. The molecule has 0 radical (unpaired) electrons. The Labute approximate surface area is 223 Å². The summed E-state index contributed by atoms with van der Waals surface area (Å²) in [5, 5.41) is 10.1. The summed E-state index contributed by atoms with van der Waals surface area (Å²) < 4.78 is 39.1. The smallest absolute Gasteiger partial charge is 0.490 e. The van der Waals surface area contributed by atoms with Crippen molar-refractivity contribution in [2.24, 2.45) is 0 Å². The molecule has 0 fully saturated rings. The van der Waals surface area contributed by atoms with E-state index in [2.05, 4.69) is 34.6 Å². The van der Waals surface area contributed by atoms with Crippen molar-refractivity contribution in [2.75, 3.05) is 7.11 Å². The average molecular weight is 538 g/mol. The summed E-state index contributed by atoms with van der Waals surface area (Å²) in [4.78, 5) is 25.4. The number of aliphatic carboxylic acids is 1. The first-order valence-electron chi connectivity index (χ1n) is 11.7. The minimum Gasteiger partial charge on any atom is -0.495 e. The summed E-state index contributed by atoms with van der Waals surface area (Å²) in [6.07, 6.45) is 4.38. The van der Waals surface area contributed by atoms with Crippen molar-refractivity contribution in [1.82, 2.24) is 14.9 Å². The Kier molecular flexibility index (Phi) is 10.0. The number of benzene rings is 3. The number of ether oxygens (including phenoxy) is 1. The predicted octanol–water partition coefficient (Wildman–Crippen LogP) is 5.43. The average Bonchev–Trinajstić information content (AvgIpc) is 3.46. The van der Waals surface area contributed by atoms with Crippen LogP contribution in [-0.2, 0) is 22.6 Å². The number of carbonyl (C=O) groups excluding carboxylic acids is 1. The first kappa shape index (κ1) is 28.7. The number of carboxylic acid groups (broad SMARTS) is 1. The minimum absolute atomic E-state index is 0.142. The number of nitrogens with zero attached hydrogens (tertiary/aromatic N) is 2. The molecule has 4 rings (SSSR count). The van der Waals surface area contributed by atoms with E-state index in [9.17, 15) is 18.0 Å². The molecule has 2 N–H and O–H groups in total. The number of carbonyl (C=O) groups is 2. The van der Waals surface area contributed by atoms with E-state index in [0.717, 1.165) is 23.2 Å². The number of imidazole rings is 1. The minimum atomic E-state index is -5.08. The third-order valence-corrected chi connectivity index (χ3v) is 5.46. The van der Waals surface area contributed by atoms with E-state index in [1.807, 2.05) is 59.3 Å². The van der Waals surface area contributed by atoms with E-state index in [4.69, 9.17) is 14.6 Å². The number of aromatic nitrogens is 2. The largest absolute Gasteiger partial charge is 0.495 e. The zero-order valence-corrected chi connectivity index (χ0v) is 20.9. The Hall–Kier alpha value is -4.86. The van der Waals surface area contributed by atoms with E-state index in [1.165, 1.54) is 11.1 Å². The lowest BCUT2D eigenvalue weighted by atomic mass is 10.00. The molecule has 0 atom stereocenters. The standard InChI is InChI=1S/C27H25N3O2.C2HF3O2/c1-32-26-18-22(11-13-25(26)30-16-15-28-20-30)12-14-27(31)29-19-24-10-6-5-9-23(24)17-21-7-3-2-4-8-21;3-2(4,5)1(6)7/h2-16,18,20H,17,19H2,1H3,(H,29,31);(H,6,7). The monoisotopic (exact) mass is 537 g/mol. The number of nitrogens with one attached hydrogen (secondary N) is 1. The highest BCUT2D eigenvalue weighted by atomic mass is 19.4. The highest BCUT2D eigenvalue weighted by Crippen LogP contribution is 2.24. The van der Waals surface area contributed by atoms with Crippen molar-refractivity contribution in [3.05, 3.63) is 120 Å². The van der Waals surface area contributed by atoms with Gasteiger partial charge in [-0.25, -0.2) is 9.78 Å². The molecular formula is C29H26F3N3O4. The second-order valence-electron chi connectivity index (χ2n) is 8.19. The molecule has 1 heterocycles. The molecule has 0 unspecified atom stereocenters. The molecule has 0 aliphatic heterocycles. The first-order chi connectivity index (χ1) is 18.7. The Morgan fingerprint density at radius 2 is 1.69 bits per heavy atom. The Morgan fingerprint density at radius 1 is 1.03 bits per heavy atom. The maximum absolute atomic E-state index is 12.4. The van der Waals surface area contributed by atoms with Gasteiger partial charge in [-0.3, -0.25) is 4.79 Å². The van der Waals surface area contributed by atoms with Gasteiger partial charge in [0.15, 0.2) is 0 Å². The van der Waals surface area contributed by atoms with E-state index in [-0.39, 0.29) is 5.91 Å². The zero-order valence-electron chi connectivity index (χ0n) is 20.9. The van der Waals surface area contributed by atoms with Crippen molar-refractivity contribution in [1.29, 1.82) is 0 Å². The molecule has 1 aromatic heterocycles. The SMILES string of the molecule is COc1cc(C=CC(=O)NCc2ccccc2Cc2ccccc2)ccc1-n1ccnc1.O=C(O)C(F)(F)F. The van der Waals surface area contributed by atoms with Gasteiger partial charge in [0.2, 0.25) is 5.91 Å². The molecule has 0 aliphatic carbocycles. The van der Waals surface area contributed by atoms with Crippen molar-refractivity contribution >= 4 is 18.0 Å². The number of carboxylic acids is 1. The van der Waals surface area contributed by atoms with Gasteiger partial charge in [-0.05, 0) is 46.9 Å². The zero-order chi connectivity index (χ0) is 28.3. The molecule has 1 amide bonds. The van der Waals surface area contributed by atoms with Gasteiger partial charge in [-0.2, -0.15) is 13.2 Å². The van der Waals surface area contributed by atoms with Crippen LogP contribution in [0.15, 0.2) is 97.6 Å². The van der Waals surface area contributed by atoms with E-state index >= 15 is 0 Å². The van der Waals surface area contributed by atoms with E-state index in [1.54, 1.807) is 31.8 Å². The third kappa shape index (κ3) is 8.89. The molecule has 39 heavy (non-hydrogen) atoms. The highest BCUT2D eigenvalue weighted by molar-refractivity contribution is 5.91. The van der Waals surface area contributed by atoms with Crippen LogP contribution in [0.5, 0.6) is 5.75 Å². The number of hydrogen-bond acceptors (Lipinski definition) is 4. The number of rotatable bonds is 8. The summed E-state index contributed by atoms with van der Waals surface area (Å²) in [5.74, 6) is -2.19. The molecule has 10 heteroatoms. The van der Waals surface area contributed by atoms with Crippen molar-refractivity contribution < 1.29 is 32.6 Å². The molecule has 0 spiro atoms. The van der Waals surface area contributed by atoms with Crippen LogP contribution in [0, 0.1) is 0 Å². The van der Waals surface area contributed by atoms with Gasteiger partial charge in [-0.1, -0.05) is 60.7 Å². The fourth-order valence-electron chi connectivity index (χ4n) is 3.54. The number of amides is 1. The van der Waals surface area contributed by atoms with Crippen molar-refractivity contribution in [3.8, 4) is 11.4 Å². The number of halogens is 3.